The molecule has 1 aliphatic heterocycles. The van der Waals surface area contributed by atoms with Crippen molar-refractivity contribution in [1.82, 2.24) is 19.5 Å². The molecule has 12 heteroatoms. The molecule has 2 aromatic heterocycles. The Hall–Kier alpha value is -1.62. The predicted octanol–water partition coefficient (Wildman–Crippen LogP) is 0.438. The number of imidazole rings is 1. The highest BCUT2D eigenvalue weighted by Crippen LogP contribution is 2.46. The van der Waals surface area contributed by atoms with Crippen LogP contribution in [0, 0.1) is 11.3 Å². The van der Waals surface area contributed by atoms with Gasteiger partial charge in [0, 0.05) is 5.92 Å². The highest BCUT2D eigenvalue weighted by atomic mass is 31.2. The van der Waals surface area contributed by atoms with Crippen LogP contribution in [0.2, 0.25) is 0 Å². The van der Waals surface area contributed by atoms with E-state index in [-0.39, 0.29) is 12.4 Å². The molecule has 1 saturated heterocycles. The lowest BCUT2D eigenvalue weighted by molar-refractivity contribution is -0.0497. The summed E-state index contributed by atoms with van der Waals surface area (Å²) in [6.45, 7) is 5.36. The molecular weight excluding hydrogens is 365 g/mol. The summed E-state index contributed by atoms with van der Waals surface area (Å²) in [7, 11) is -4.66. The molecule has 0 aliphatic carbocycles. The van der Waals surface area contributed by atoms with E-state index in [2.05, 4.69) is 19.5 Å². The monoisotopic (exact) mass is 387 g/mol. The minimum Gasteiger partial charge on any atom is -0.388 e. The zero-order chi connectivity index (χ0) is 19.3. The van der Waals surface area contributed by atoms with Crippen LogP contribution in [0.4, 0.5) is 5.82 Å². The quantitative estimate of drug-likeness (QED) is 0.541. The van der Waals surface area contributed by atoms with Crippen LogP contribution >= 0.6 is 7.82 Å². The Balaban J connectivity index is 1.95. The van der Waals surface area contributed by atoms with E-state index in [1.807, 2.05) is 20.8 Å². The summed E-state index contributed by atoms with van der Waals surface area (Å²) in [5.41, 5.74) is 6.14. The van der Waals surface area contributed by atoms with Crippen molar-refractivity contribution in [3.63, 3.8) is 0 Å². The summed E-state index contributed by atoms with van der Waals surface area (Å²) in [5.74, 6) is -0.245. The largest absolute Gasteiger partial charge is 0.469 e. The van der Waals surface area contributed by atoms with Gasteiger partial charge < -0.3 is 25.4 Å². The Bertz CT molecular complexity index is 846. The van der Waals surface area contributed by atoms with Crippen molar-refractivity contribution in [3.05, 3.63) is 12.7 Å². The molecule has 3 heterocycles. The number of nitrogen functional groups attached to an aromatic ring is 1. The second-order valence-corrected chi connectivity index (χ2v) is 8.56. The Morgan fingerprint density at radius 1 is 1.35 bits per heavy atom. The fourth-order valence-electron chi connectivity index (χ4n) is 3.41. The SMILES string of the molecule is CC(C)(C)C1C(COP(=O)(O)O)OC(n2cnc3c(N)ncnc32)C1O. The van der Waals surface area contributed by atoms with Crippen LogP contribution in [0.1, 0.15) is 27.0 Å². The second kappa shape index (κ2) is 6.52. The van der Waals surface area contributed by atoms with E-state index in [9.17, 15) is 9.67 Å². The Labute approximate surface area is 149 Å². The van der Waals surface area contributed by atoms with Crippen molar-refractivity contribution in [2.24, 2.45) is 11.3 Å². The van der Waals surface area contributed by atoms with E-state index in [0.717, 1.165) is 0 Å². The lowest BCUT2D eigenvalue weighted by atomic mass is 9.75. The summed E-state index contributed by atoms with van der Waals surface area (Å²) in [6, 6.07) is 0. The number of hydrogen-bond acceptors (Lipinski definition) is 8. The Morgan fingerprint density at radius 3 is 2.65 bits per heavy atom. The molecule has 1 fully saturated rings. The molecule has 26 heavy (non-hydrogen) atoms. The molecule has 0 aromatic carbocycles. The van der Waals surface area contributed by atoms with Crippen LogP contribution in [-0.2, 0) is 13.8 Å². The average molecular weight is 387 g/mol. The van der Waals surface area contributed by atoms with Gasteiger partial charge in [0.15, 0.2) is 17.7 Å². The van der Waals surface area contributed by atoms with Gasteiger partial charge in [-0.15, -0.1) is 0 Å². The first-order valence-electron chi connectivity index (χ1n) is 7.95. The lowest BCUT2D eigenvalue weighted by Crippen LogP contribution is -2.38. The fraction of sp³-hybridized carbons (Fsp3) is 0.643. The molecule has 5 N–H and O–H groups in total. The van der Waals surface area contributed by atoms with Crippen LogP contribution in [0.15, 0.2) is 12.7 Å². The number of anilines is 1. The number of phosphoric ester groups is 1. The van der Waals surface area contributed by atoms with Crippen molar-refractivity contribution in [1.29, 1.82) is 0 Å². The van der Waals surface area contributed by atoms with Crippen LogP contribution in [0.25, 0.3) is 11.2 Å². The van der Waals surface area contributed by atoms with E-state index in [1.165, 1.54) is 17.2 Å². The lowest BCUT2D eigenvalue weighted by Gasteiger charge is -2.32. The molecule has 144 valence electrons. The molecular formula is C14H22N5O6P. The molecule has 11 nitrogen and oxygen atoms in total. The van der Waals surface area contributed by atoms with Gasteiger partial charge >= 0.3 is 7.82 Å². The summed E-state index contributed by atoms with van der Waals surface area (Å²) in [6.07, 6.45) is 0.152. The van der Waals surface area contributed by atoms with Gasteiger partial charge in [-0.25, -0.2) is 19.5 Å². The third-order valence-electron chi connectivity index (χ3n) is 4.44. The number of aromatic nitrogens is 4. The number of ether oxygens (including phenoxy) is 1. The summed E-state index contributed by atoms with van der Waals surface area (Å²) in [4.78, 5) is 30.1. The number of fused-ring (bicyclic) bond motifs is 1. The highest BCUT2D eigenvalue weighted by Gasteiger charge is 2.50. The number of rotatable bonds is 4. The third-order valence-corrected chi connectivity index (χ3v) is 4.93. The first-order chi connectivity index (χ1) is 12.0. The zero-order valence-corrected chi connectivity index (χ0v) is 15.4. The number of hydrogen-bond donors (Lipinski definition) is 4. The average Bonchev–Trinajstić information content (AvgIpc) is 3.05. The molecule has 0 saturated carbocycles. The smallest absolute Gasteiger partial charge is 0.388 e. The first-order valence-corrected chi connectivity index (χ1v) is 9.48. The number of nitrogens with two attached hydrogens (primary N) is 1. The number of nitrogens with zero attached hydrogens (tertiary/aromatic N) is 4. The molecule has 3 rings (SSSR count). The minimum absolute atomic E-state index is 0.204. The van der Waals surface area contributed by atoms with Crippen molar-refractivity contribution < 1.29 is 28.7 Å². The molecule has 2 aromatic rings. The molecule has 0 spiro atoms. The van der Waals surface area contributed by atoms with E-state index in [4.69, 9.17) is 20.3 Å². The number of aliphatic hydroxyl groups is 1. The fourth-order valence-corrected chi connectivity index (χ4v) is 3.75. The maximum Gasteiger partial charge on any atom is 0.469 e. The van der Waals surface area contributed by atoms with E-state index >= 15 is 0 Å². The molecule has 0 bridgehead atoms. The predicted molar refractivity (Wildman–Crippen MR) is 90.6 cm³/mol. The van der Waals surface area contributed by atoms with Crippen LogP contribution in [-0.4, -0.2) is 53.2 Å². The maximum absolute atomic E-state index is 11.1. The van der Waals surface area contributed by atoms with Gasteiger partial charge in [0.1, 0.15) is 17.9 Å². The van der Waals surface area contributed by atoms with Crippen LogP contribution in [0.5, 0.6) is 0 Å². The highest BCUT2D eigenvalue weighted by molar-refractivity contribution is 7.46. The Morgan fingerprint density at radius 2 is 2.04 bits per heavy atom. The van der Waals surface area contributed by atoms with Gasteiger partial charge in [0.05, 0.1) is 19.0 Å². The van der Waals surface area contributed by atoms with E-state index in [0.29, 0.717) is 11.2 Å². The Kier molecular flexibility index (Phi) is 4.80. The molecule has 0 radical (unpaired) electrons. The summed E-state index contributed by atoms with van der Waals surface area (Å²) >= 11 is 0. The van der Waals surface area contributed by atoms with Crippen molar-refractivity contribution >= 4 is 24.8 Å². The van der Waals surface area contributed by atoms with Crippen molar-refractivity contribution in [3.8, 4) is 0 Å². The number of phosphoric acid groups is 1. The normalized spacial score (nSPS) is 27.3. The summed E-state index contributed by atoms with van der Waals surface area (Å²) in [5, 5.41) is 10.9. The summed E-state index contributed by atoms with van der Waals surface area (Å²) < 4.78 is 23.1. The van der Waals surface area contributed by atoms with Gasteiger partial charge in [-0.3, -0.25) is 9.09 Å². The van der Waals surface area contributed by atoms with E-state index < -0.39 is 37.6 Å². The van der Waals surface area contributed by atoms with Gasteiger partial charge in [-0.05, 0) is 5.41 Å². The standard InChI is InChI=1S/C14H22N5O6P/c1-14(2,3)8-7(4-24-26(21,22)23)25-13(10(8)20)19-6-18-9-11(15)16-5-17-12(9)19/h5-8,10,13,20H,4H2,1-3H3,(H2,15,16,17)(H2,21,22,23). The van der Waals surface area contributed by atoms with Gasteiger partial charge in [0.2, 0.25) is 0 Å². The van der Waals surface area contributed by atoms with Gasteiger partial charge in [0.25, 0.3) is 0 Å². The van der Waals surface area contributed by atoms with Gasteiger partial charge in [-0.1, -0.05) is 20.8 Å². The van der Waals surface area contributed by atoms with E-state index in [1.54, 1.807) is 0 Å². The van der Waals surface area contributed by atoms with Crippen molar-refractivity contribution in [2.75, 3.05) is 12.3 Å². The molecule has 4 unspecified atom stereocenters. The maximum atomic E-state index is 11.1. The zero-order valence-electron chi connectivity index (χ0n) is 14.6. The third kappa shape index (κ3) is 3.59. The topological polar surface area (TPSA) is 166 Å². The second-order valence-electron chi connectivity index (χ2n) is 7.32. The first kappa shape index (κ1) is 19.2. The number of aliphatic hydroxyl groups excluding tert-OH is 1. The van der Waals surface area contributed by atoms with Crippen LogP contribution < -0.4 is 5.73 Å². The molecule has 1 aliphatic rings. The van der Waals surface area contributed by atoms with Gasteiger partial charge in [-0.2, -0.15) is 0 Å². The molecule has 0 amide bonds. The minimum atomic E-state index is -4.66. The van der Waals surface area contributed by atoms with Crippen molar-refractivity contribution in [2.45, 2.75) is 39.2 Å². The molecule has 4 atom stereocenters. The van der Waals surface area contributed by atoms with Crippen LogP contribution in [0.3, 0.4) is 0 Å².